The first-order valence-electron chi connectivity index (χ1n) is 5.98. The van der Waals surface area contributed by atoms with E-state index in [1.165, 1.54) is 11.4 Å². The van der Waals surface area contributed by atoms with Crippen molar-refractivity contribution in [3.05, 3.63) is 17.2 Å². The van der Waals surface area contributed by atoms with E-state index in [0.717, 1.165) is 38.4 Å². The van der Waals surface area contributed by atoms with Gasteiger partial charge in [0.15, 0.2) is 0 Å². The van der Waals surface area contributed by atoms with Crippen molar-refractivity contribution in [2.45, 2.75) is 32.2 Å². The van der Waals surface area contributed by atoms with Crippen molar-refractivity contribution in [2.24, 2.45) is 7.05 Å². The second-order valence-corrected chi connectivity index (χ2v) is 4.47. The molecule has 4 heteroatoms. The van der Waals surface area contributed by atoms with Crippen LogP contribution in [0.1, 0.15) is 36.0 Å². The van der Waals surface area contributed by atoms with Gasteiger partial charge in [-0.05, 0) is 26.8 Å². The van der Waals surface area contributed by atoms with Gasteiger partial charge in [0, 0.05) is 32.7 Å². The van der Waals surface area contributed by atoms with Crippen molar-refractivity contribution < 1.29 is 4.74 Å². The smallest absolute Gasteiger partial charge is 0.105 e. The lowest BCUT2D eigenvalue weighted by Crippen LogP contribution is -2.18. The van der Waals surface area contributed by atoms with Gasteiger partial charge >= 0.3 is 0 Å². The van der Waals surface area contributed by atoms with E-state index >= 15 is 0 Å². The van der Waals surface area contributed by atoms with Gasteiger partial charge in [0.2, 0.25) is 0 Å². The largest absolute Gasteiger partial charge is 0.381 e. The Bertz CT molecular complexity index is 353. The first kappa shape index (κ1) is 11.6. The first-order valence-corrected chi connectivity index (χ1v) is 5.98. The van der Waals surface area contributed by atoms with Crippen LogP contribution in [-0.2, 0) is 18.3 Å². The van der Waals surface area contributed by atoms with Crippen LogP contribution in [0, 0.1) is 6.92 Å². The maximum Gasteiger partial charge on any atom is 0.105 e. The monoisotopic (exact) mass is 223 g/mol. The number of nitrogens with one attached hydrogen (secondary N) is 1. The minimum absolute atomic E-state index is 0.581. The highest BCUT2D eigenvalue weighted by Crippen LogP contribution is 2.28. The Kier molecular flexibility index (Phi) is 3.61. The van der Waals surface area contributed by atoms with Crippen LogP contribution in [0.3, 0.4) is 0 Å². The molecular weight excluding hydrogens is 202 g/mol. The average Bonchev–Trinajstić information content (AvgIpc) is 2.59. The molecule has 1 fully saturated rings. The topological polar surface area (TPSA) is 39.1 Å². The summed E-state index contributed by atoms with van der Waals surface area (Å²) in [6, 6.07) is 0. The van der Waals surface area contributed by atoms with Crippen molar-refractivity contribution in [3.63, 3.8) is 0 Å². The number of hydrogen-bond acceptors (Lipinski definition) is 3. The highest BCUT2D eigenvalue weighted by Gasteiger charge is 2.23. The van der Waals surface area contributed by atoms with Crippen LogP contribution in [0.15, 0.2) is 0 Å². The van der Waals surface area contributed by atoms with E-state index in [1.54, 1.807) is 0 Å². The molecule has 0 bridgehead atoms. The Morgan fingerprint density at radius 1 is 1.44 bits per heavy atom. The standard InChI is InChI=1S/C12H21N3O/c1-9-14-12(10-4-6-16-7-5-10)11(8-13-2)15(9)3/h10,13H,4-8H2,1-3H3. The molecule has 0 saturated carbocycles. The van der Waals surface area contributed by atoms with Crippen molar-refractivity contribution in [3.8, 4) is 0 Å². The predicted molar refractivity (Wildman–Crippen MR) is 63.5 cm³/mol. The Morgan fingerprint density at radius 2 is 2.12 bits per heavy atom. The third-order valence-electron chi connectivity index (χ3n) is 3.42. The predicted octanol–water partition coefficient (Wildman–Crippen LogP) is 1.34. The summed E-state index contributed by atoms with van der Waals surface area (Å²) in [5, 5.41) is 3.23. The molecule has 4 nitrogen and oxygen atoms in total. The average molecular weight is 223 g/mol. The van der Waals surface area contributed by atoms with Gasteiger partial charge in [0.05, 0.1) is 11.4 Å². The molecule has 0 unspecified atom stereocenters. The Balaban J connectivity index is 2.27. The summed E-state index contributed by atoms with van der Waals surface area (Å²) in [5.41, 5.74) is 2.60. The Labute approximate surface area is 97.0 Å². The number of aromatic nitrogens is 2. The number of imidazole rings is 1. The molecule has 90 valence electrons. The molecule has 0 radical (unpaired) electrons. The fourth-order valence-electron chi connectivity index (χ4n) is 2.36. The Morgan fingerprint density at radius 3 is 2.75 bits per heavy atom. The SMILES string of the molecule is CNCc1c(C2CCOCC2)nc(C)n1C. The van der Waals surface area contributed by atoms with Crippen molar-refractivity contribution in [1.82, 2.24) is 14.9 Å². The molecule has 0 amide bonds. The molecule has 0 aromatic carbocycles. The number of ether oxygens (including phenoxy) is 1. The fourth-order valence-corrected chi connectivity index (χ4v) is 2.36. The normalized spacial score (nSPS) is 17.9. The summed E-state index contributed by atoms with van der Waals surface area (Å²) in [6.07, 6.45) is 2.21. The lowest BCUT2D eigenvalue weighted by Gasteiger charge is -2.21. The van der Waals surface area contributed by atoms with Crippen LogP contribution in [0.25, 0.3) is 0 Å². The quantitative estimate of drug-likeness (QED) is 0.840. The lowest BCUT2D eigenvalue weighted by molar-refractivity contribution is 0.0843. The van der Waals surface area contributed by atoms with Crippen molar-refractivity contribution in [2.75, 3.05) is 20.3 Å². The van der Waals surface area contributed by atoms with Gasteiger partial charge in [0.25, 0.3) is 0 Å². The zero-order valence-corrected chi connectivity index (χ0v) is 10.4. The fraction of sp³-hybridized carbons (Fsp3) is 0.750. The van der Waals surface area contributed by atoms with Crippen LogP contribution in [0.2, 0.25) is 0 Å². The maximum atomic E-state index is 5.41. The van der Waals surface area contributed by atoms with Crippen molar-refractivity contribution in [1.29, 1.82) is 0 Å². The van der Waals surface area contributed by atoms with E-state index < -0.39 is 0 Å². The molecule has 0 atom stereocenters. The molecule has 1 N–H and O–H groups in total. The maximum absolute atomic E-state index is 5.41. The summed E-state index contributed by atoms with van der Waals surface area (Å²) >= 11 is 0. The lowest BCUT2D eigenvalue weighted by atomic mass is 9.95. The van der Waals surface area contributed by atoms with Gasteiger partial charge in [-0.1, -0.05) is 0 Å². The molecule has 2 rings (SSSR count). The van der Waals surface area contributed by atoms with Gasteiger partial charge in [-0.2, -0.15) is 0 Å². The van der Waals surface area contributed by atoms with Crippen molar-refractivity contribution >= 4 is 0 Å². The van der Waals surface area contributed by atoms with Crippen LogP contribution < -0.4 is 5.32 Å². The number of aryl methyl sites for hydroxylation is 1. The number of nitrogens with zero attached hydrogens (tertiary/aromatic N) is 2. The first-order chi connectivity index (χ1) is 7.74. The molecule has 1 aromatic rings. The second-order valence-electron chi connectivity index (χ2n) is 4.47. The van der Waals surface area contributed by atoms with Crippen LogP contribution in [0.4, 0.5) is 0 Å². The molecule has 0 aliphatic carbocycles. The zero-order chi connectivity index (χ0) is 11.5. The molecule has 1 saturated heterocycles. The van der Waals surface area contributed by atoms with E-state index in [-0.39, 0.29) is 0 Å². The van der Waals surface area contributed by atoms with E-state index in [2.05, 4.69) is 23.9 Å². The third kappa shape index (κ3) is 2.13. The van der Waals surface area contributed by atoms with E-state index in [1.807, 2.05) is 7.05 Å². The van der Waals surface area contributed by atoms with Crippen LogP contribution in [0.5, 0.6) is 0 Å². The van der Waals surface area contributed by atoms with Gasteiger partial charge < -0.3 is 14.6 Å². The molecular formula is C12H21N3O. The third-order valence-corrected chi connectivity index (χ3v) is 3.42. The zero-order valence-electron chi connectivity index (χ0n) is 10.4. The van der Waals surface area contributed by atoms with E-state index in [9.17, 15) is 0 Å². The molecule has 1 aliphatic heterocycles. The summed E-state index contributed by atoms with van der Waals surface area (Å²) < 4.78 is 7.60. The van der Waals surface area contributed by atoms with E-state index in [4.69, 9.17) is 9.72 Å². The van der Waals surface area contributed by atoms with Gasteiger partial charge in [-0.15, -0.1) is 0 Å². The molecule has 1 aromatic heterocycles. The number of hydrogen-bond donors (Lipinski definition) is 1. The van der Waals surface area contributed by atoms with Gasteiger partial charge in [-0.25, -0.2) is 4.98 Å². The Hall–Kier alpha value is -0.870. The highest BCUT2D eigenvalue weighted by atomic mass is 16.5. The summed E-state index contributed by atoms with van der Waals surface area (Å²) in [6.45, 7) is 4.71. The highest BCUT2D eigenvalue weighted by molar-refractivity contribution is 5.21. The van der Waals surface area contributed by atoms with E-state index in [0.29, 0.717) is 5.92 Å². The number of rotatable bonds is 3. The molecule has 1 aliphatic rings. The molecule has 16 heavy (non-hydrogen) atoms. The summed E-state index contributed by atoms with van der Waals surface area (Å²) in [7, 11) is 4.08. The second kappa shape index (κ2) is 4.97. The van der Waals surface area contributed by atoms with Gasteiger partial charge in [-0.3, -0.25) is 0 Å². The molecule has 0 spiro atoms. The summed E-state index contributed by atoms with van der Waals surface area (Å²) in [4.78, 5) is 4.72. The minimum Gasteiger partial charge on any atom is -0.381 e. The van der Waals surface area contributed by atoms with Crippen LogP contribution in [-0.4, -0.2) is 29.8 Å². The van der Waals surface area contributed by atoms with Crippen LogP contribution >= 0.6 is 0 Å². The van der Waals surface area contributed by atoms with Gasteiger partial charge in [0.1, 0.15) is 5.82 Å². The minimum atomic E-state index is 0.581. The molecule has 2 heterocycles. The summed E-state index contributed by atoms with van der Waals surface area (Å²) in [5.74, 6) is 1.68.